The van der Waals surface area contributed by atoms with Crippen LogP contribution in [0.15, 0.2) is 65.7 Å². The zero-order valence-electron chi connectivity index (χ0n) is 12.6. The highest BCUT2D eigenvalue weighted by Gasteiger charge is 2.47. The molecule has 0 radical (unpaired) electrons. The van der Waals surface area contributed by atoms with E-state index in [2.05, 4.69) is 10.3 Å². The van der Waals surface area contributed by atoms with Crippen LogP contribution in [-0.2, 0) is 10.3 Å². The van der Waals surface area contributed by atoms with E-state index in [9.17, 15) is 4.79 Å². The van der Waals surface area contributed by atoms with Gasteiger partial charge in [-0.25, -0.2) is 4.79 Å². The third-order valence-corrected chi connectivity index (χ3v) is 3.58. The monoisotopic (exact) mass is 294 g/mol. The number of nitrogens with zero attached hydrogens (tertiary/aromatic N) is 1. The Kier molecular flexibility index (Phi) is 3.67. The van der Waals surface area contributed by atoms with Crippen molar-refractivity contribution in [3.8, 4) is 0 Å². The lowest BCUT2D eigenvalue weighted by molar-refractivity contribution is 0.209. The molecule has 3 rings (SSSR count). The molecule has 22 heavy (non-hydrogen) atoms. The molecule has 2 aromatic carbocycles. The van der Waals surface area contributed by atoms with E-state index in [1.165, 1.54) is 0 Å². The highest BCUT2D eigenvalue weighted by atomic mass is 16.5. The van der Waals surface area contributed by atoms with Crippen LogP contribution in [0.3, 0.4) is 0 Å². The second-order valence-electron chi connectivity index (χ2n) is 5.50. The standard InChI is InChI=1S/C18H18N2O2/c1-13(2)22-16-18(20-17(21)19-16,14-9-5-3-6-10-14)15-11-7-4-8-12-15/h3-13H,1-2H3,(H,20,21). The highest BCUT2D eigenvalue weighted by molar-refractivity contribution is 6.06. The van der Waals surface area contributed by atoms with Crippen LogP contribution in [0.1, 0.15) is 25.0 Å². The molecular weight excluding hydrogens is 276 g/mol. The van der Waals surface area contributed by atoms with Crippen molar-refractivity contribution in [3.05, 3.63) is 71.8 Å². The molecule has 1 aliphatic heterocycles. The van der Waals surface area contributed by atoms with Gasteiger partial charge in [-0.2, -0.15) is 4.99 Å². The molecular formula is C18H18N2O2. The summed E-state index contributed by atoms with van der Waals surface area (Å²) in [6.07, 6.45) is -0.0711. The molecule has 2 amide bonds. The summed E-state index contributed by atoms with van der Waals surface area (Å²) in [6.45, 7) is 3.85. The minimum Gasteiger partial charge on any atom is -0.476 e. The molecule has 2 aromatic rings. The number of carbonyl (C=O) groups is 1. The van der Waals surface area contributed by atoms with Gasteiger partial charge in [0.1, 0.15) is 0 Å². The van der Waals surface area contributed by atoms with Gasteiger partial charge in [0, 0.05) is 0 Å². The first kappa shape index (κ1) is 14.3. The quantitative estimate of drug-likeness (QED) is 0.942. The van der Waals surface area contributed by atoms with Crippen molar-refractivity contribution in [3.63, 3.8) is 0 Å². The van der Waals surface area contributed by atoms with Crippen LogP contribution in [0.4, 0.5) is 4.79 Å². The molecule has 0 atom stereocenters. The molecule has 1 aliphatic rings. The summed E-state index contributed by atoms with van der Waals surface area (Å²) in [6, 6.07) is 19.1. The minimum atomic E-state index is -0.871. The van der Waals surface area contributed by atoms with E-state index < -0.39 is 5.54 Å². The third-order valence-electron chi connectivity index (χ3n) is 3.58. The lowest BCUT2D eigenvalue weighted by atomic mass is 9.83. The molecule has 0 aromatic heterocycles. The molecule has 4 heteroatoms. The second kappa shape index (κ2) is 5.64. The van der Waals surface area contributed by atoms with Gasteiger partial charge >= 0.3 is 6.03 Å². The van der Waals surface area contributed by atoms with Crippen LogP contribution in [-0.4, -0.2) is 18.0 Å². The molecule has 0 bridgehead atoms. The summed E-state index contributed by atoms with van der Waals surface area (Å²) < 4.78 is 5.87. The molecule has 0 unspecified atom stereocenters. The van der Waals surface area contributed by atoms with Gasteiger partial charge in [0.15, 0.2) is 5.54 Å². The number of benzene rings is 2. The van der Waals surface area contributed by atoms with Gasteiger partial charge in [-0.15, -0.1) is 0 Å². The predicted molar refractivity (Wildman–Crippen MR) is 85.9 cm³/mol. The smallest absolute Gasteiger partial charge is 0.345 e. The van der Waals surface area contributed by atoms with Crippen LogP contribution in [0.5, 0.6) is 0 Å². The maximum atomic E-state index is 12.0. The van der Waals surface area contributed by atoms with Gasteiger partial charge in [-0.1, -0.05) is 60.7 Å². The molecule has 0 saturated carbocycles. The molecule has 4 nitrogen and oxygen atoms in total. The minimum absolute atomic E-state index is 0.0711. The number of nitrogens with one attached hydrogen (secondary N) is 1. The zero-order valence-corrected chi connectivity index (χ0v) is 12.6. The molecule has 0 fully saturated rings. The number of rotatable bonds is 3. The summed E-state index contributed by atoms with van der Waals surface area (Å²) in [5.41, 5.74) is 0.974. The highest BCUT2D eigenvalue weighted by Crippen LogP contribution is 2.35. The topological polar surface area (TPSA) is 50.7 Å². The van der Waals surface area contributed by atoms with Crippen molar-refractivity contribution in [2.75, 3.05) is 0 Å². The first-order chi connectivity index (χ1) is 10.6. The van der Waals surface area contributed by atoms with Crippen LogP contribution in [0.25, 0.3) is 0 Å². The first-order valence-electron chi connectivity index (χ1n) is 7.32. The van der Waals surface area contributed by atoms with Crippen molar-refractivity contribution in [1.29, 1.82) is 0 Å². The van der Waals surface area contributed by atoms with Crippen LogP contribution >= 0.6 is 0 Å². The lowest BCUT2D eigenvalue weighted by Crippen LogP contribution is -2.48. The summed E-state index contributed by atoms with van der Waals surface area (Å²) in [4.78, 5) is 16.1. The van der Waals surface area contributed by atoms with E-state index in [1.807, 2.05) is 74.5 Å². The van der Waals surface area contributed by atoms with E-state index >= 15 is 0 Å². The average molecular weight is 294 g/mol. The normalized spacial score (nSPS) is 16.3. The molecule has 0 aliphatic carbocycles. The summed E-state index contributed by atoms with van der Waals surface area (Å²) in [5.74, 6) is 0.393. The van der Waals surface area contributed by atoms with Crippen molar-refractivity contribution in [1.82, 2.24) is 5.32 Å². The van der Waals surface area contributed by atoms with Crippen LogP contribution in [0, 0.1) is 0 Å². The third kappa shape index (κ3) is 2.37. The number of carbonyl (C=O) groups excluding carboxylic acids is 1. The summed E-state index contributed by atoms with van der Waals surface area (Å²) in [5, 5.41) is 2.99. The Morgan fingerprint density at radius 3 is 1.91 bits per heavy atom. The van der Waals surface area contributed by atoms with Gasteiger partial charge in [0.05, 0.1) is 6.10 Å². The Bertz CT molecular complexity index is 654. The largest absolute Gasteiger partial charge is 0.476 e. The number of hydrogen-bond acceptors (Lipinski definition) is 2. The lowest BCUT2D eigenvalue weighted by Gasteiger charge is -2.32. The summed E-state index contributed by atoms with van der Waals surface area (Å²) in [7, 11) is 0. The zero-order chi connectivity index (χ0) is 15.6. The van der Waals surface area contributed by atoms with Gasteiger partial charge in [0.2, 0.25) is 5.90 Å². The maximum Gasteiger partial charge on any atom is 0.345 e. The molecule has 1 heterocycles. The van der Waals surface area contributed by atoms with Crippen LogP contribution in [0.2, 0.25) is 0 Å². The number of amides is 2. The van der Waals surface area contributed by atoms with Gasteiger partial charge < -0.3 is 10.1 Å². The van der Waals surface area contributed by atoms with E-state index in [1.54, 1.807) is 0 Å². The first-order valence-corrected chi connectivity index (χ1v) is 7.32. The van der Waals surface area contributed by atoms with Gasteiger partial charge in [-0.05, 0) is 25.0 Å². The van der Waals surface area contributed by atoms with E-state index in [0.29, 0.717) is 5.90 Å². The number of ether oxygens (including phenoxy) is 1. The van der Waals surface area contributed by atoms with E-state index in [0.717, 1.165) is 11.1 Å². The molecule has 1 N–H and O–H groups in total. The Morgan fingerprint density at radius 2 is 1.45 bits per heavy atom. The number of urea groups is 1. The molecule has 0 spiro atoms. The SMILES string of the molecule is CC(C)OC1=NC(=O)NC1(c1ccccc1)c1ccccc1. The number of hydrogen-bond donors (Lipinski definition) is 1. The number of aliphatic imine (C=N–C) groups is 1. The van der Waals surface area contributed by atoms with Crippen molar-refractivity contribution < 1.29 is 9.53 Å². The fourth-order valence-corrected chi connectivity index (χ4v) is 2.69. The Hall–Kier alpha value is -2.62. The van der Waals surface area contributed by atoms with Crippen molar-refractivity contribution >= 4 is 11.9 Å². The van der Waals surface area contributed by atoms with E-state index in [4.69, 9.17) is 4.74 Å². The average Bonchev–Trinajstić information content (AvgIpc) is 2.85. The van der Waals surface area contributed by atoms with Crippen LogP contribution < -0.4 is 5.32 Å². The molecule has 0 saturated heterocycles. The Morgan fingerprint density at radius 1 is 0.955 bits per heavy atom. The predicted octanol–water partition coefficient (Wildman–Crippen LogP) is 3.48. The Balaban J connectivity index is 2.20. The maximum absolute atomic E-state index is 12.0. The van der Waals surface area contributed by atoms with Gasteiger partial charge in [-0.3, -0.25) is 0 Å². The van der Waals surface area contributed by atoms with Crippen molar-refractivity contribution in [2.45, 2.75) is 25.5 Å². The Labute approximate surface area is 129 Å². The fourth-order valence-electron chi connectivity index (χ4n) is 2.69. The van der Waals surface area contributed by atoms with E-state index in [-0.39, 0.29) is 12.1 Å². The second-order valence-corrected chi connectivity index (χ2v) is 5.50. The fraction of sp³-hybridized carbons (Fsp3) is 0.222. The summed E-state index contributed by atoms with van der Waals surface area (Å²) >= 11 is 0. The molecule has 112 valence electrons. The van der Waals surface area contributed by atoms with Gasteiger partial charge in [0.25, 0.3) is 0 Å². The van der Waals surface area contributed by atoms with Crippen molar-refractivity contribution in [2.24, 2.45) is 4.99 Å².